The van der Waals surface area contributed by atoms with Crippen molar-refractivity contribution in [2.75, 3.05) is 0 Å². The van der Waals surface area contributed by atoms with E-state index in [9.17, 15) is 0 Å². The Balaban J connectivity index is 1.96. The van der Waals surface area contributed by atoms with Crippen LogP contribution in [0.5, 0.6) is 0 Å². The van der Waals surface area contributed by atoms with Crippen molar-refractivity contribution >= 4 is 38.4 Å². The number of rotatable bonds is 7. The summed E-state index contributed by atoms with van der Waals surface area (Å²) in [5.74, 6) is 0. The van der Waals surface area contributed by atoms with E-state index in [1.807, 2.05) is 0 Å². The first-order valence-electron chi connectivity index (χ1n) is 11.7. The summed E-state index contributed by atoms with van der Waals surface area (Å²) in [5.41, 5.74) is 5.79. The molecule has 0 heteroatoms. The van der Waals surface area contributed by atoms with Gasteiger partial charge in [-0.15, -0.1) is 0 Å². The number of allylic oxidation sites excluding steroid dienone is 1. The highest BCUT2D eigenvalue weighted by molar-refractivity contribution is 6.14. The van der Waals surface area contributed by atoms with E-state index in [0.717, 1.165) is 6.42 Å². The average molecular weight is 395 g/mol. The van der Waals surface area contributed by atoms with E-state index in [1.165, 1.54) is 86.7 Å². The maximum Gasteiger partial charge on any atom is -0.00988 e. The molecule has 0 aromatic heterocycles. The van der Waals surface area contributed by atoms with Gasteiger partial charge in [0, 0.05) is 0 Å². The summed E-state index contributed by atoms with van der Waals surface area (Å²) < 4.78 is 0. The van der Waals surface area contributed by atoms with Gasteiger partial charge in [-0.25, -0.2) is 0 Å². The van der Waals surface area contributed by atoms with E-state index in [-0.39, 0.29) is 0 Å². The molecule has 0 fully saturated rings. The molecule has 0 saturated heterocycles. The van der Waals surface area contributed by atoms with Crippen molar-refractivity contribution < 1.29 is 0 Å². The molecule has 0 unspecified atom stereocenters. The lowest BCUT2D eigenvalue weighted by Gasteiger charge is -2.14. The first-order chi connectivity index (χ1) is 14.7. The molecular weight excluding hydrogens is 360 g/mol. The van der Waals surface area contributed by atoms with E-state index in [4.69, 9.17) is 0 Å². The summed E-state index contributed by atoms with van der Waals surface area (Å²) in [5, 5.41) is 8.20. The largest absolute Gasteiger partial charge is 0.0839 e. The molecule has 4 rings (SSSR count). The van der Waals surface area contributed by atoms with Gasteiger partial charge in [0.05, 0.1) is 0 Å². The molecule has 0 bridgehead atoms. The molecule has 0 N–H and O–H groups in total. The van der Waals surface area contributed by atoms with E-state index < -0.39 is 0 Å². The molecule has 4 aromatic carbocycles. The van der Waals surface area contributed by atoms with E-state index >= 15 is 0 Å². The highest BCUT2D eigenvalue weighted by atomic mass is 14.1. The molecule has 154 valence electrons. The van der Waals surface area contributed by atoms with Gasteiger partial charge in [0.15, 0.2) is 0 Å². The Morgan fingerprint density at radius 2 is 1.30 bits per heavy atom. The lowest BCUT2D eigenvalue weighted by molar-refractivity contribution is 0.864. The predicted molar refractivity (Wildman–Crippen MR) is 136 cm³/mol. The Morgan fingerprint density at radius 3 is 1.97 bits per heavy atom. The highest BCUT2D eigenvalue weighted by Gasteiger charge is 2.09. The minimum absolute atomic E-state index is 1.13. The van der Waals surface area contributed by atoms with Gasteiger partial charge in [-0.05, 0) is 92.9 Å². The number of benzene rings is 4. The van der Waals surface area contributed by atoms with E-state index in [2.05, 4.69) is 88.4 Å². The Labute approximate surface area is 181 Å². The van der Waals surface area contributed by atoms with Crippen LogP contribution in [0.4, 0.5) is 0 Å². The van der Waals surface area contributed by atoms with Gasteiger partial charge in [0.2, 0.25) is 0 Å². The first kappa shape index (κ1) is 20.7. The molecule has 0 aliphatic carbocycles. The molecule has 4 aromatic rings. The fourth-order valence-electron chi connectivity index (χ4n) is 4.76. The monoisotopic (exact) mass is 394 g/mol. The Kier molecular flexibility index (Phi) is 6.23. The number of fused-ring (bicyclic) bond motifs is 4. The minimum atomic E-state index is 1.13. The maximum atomic E-state index is 2.46. The van der Waals surface area contributed by atoms with Crippen LogP contribution in [0.2, 0.25) is 0 Å². The molecule has 0 nitrogen and oxygen atoms in total. The van der Waals surface area contributed by atoms with Gasteiger partial charge in [-0.1, -0.05) is 88.6 Å². The zero-order chi connectivity index (χ0) is 21.1. The topological polar surface area (TPSA) is 0 Å². The molecule has 0 atom stereocenters. The Bertz CT molecular complexity index is 1220. The summed E-state index contributed by atoms with van der Waals surface area (Å²) >= 11 is 0. The number of aryl methyl sites for hydroxylation is 3. The van der Waals surface area contributed by atoms with Gasteiger partial charge in [-0.3, -0.25) is 0 Å². The highest BCUT2D eigenvalue weighted by Crippen LogP contribution is 2.34. The molecule has 0 heterocycles. The van der Waals surface area contributed by atoms with Gasteiger partial charge in [-0.2, -0.15) is 0 Å². The number of hydrogen-bond donors (Lipinski definition) is 0. The van der Waals surface area contributed by atoms with Crippen LogP contribution in [0.1, 0.15) is 68.7 Å². The van der Waals surface area contributed by atoms with Crippen molar-refractivity contribution in [3.63, 3.8) is 0 Å². The summed E-state index contributed by atoms with van der Waals surface area (Å²) in [4.78, 5) is 0. The number of unbranched alkanes of at least 4 members (excludes halogenated alkanes) is 1. The first-order valence-corrected chi connectivity index (χ1v) is 11.7. The predicted octanol–water partition coefficient (Wildman–Crippen LogP) is 9.17. The maximum absolute atomic E-state index is 2.46. The van der Waals surface area contributed by atoms with E-state index in [0.29, 0.717) is 0 Å². The lowest BCUT2D eigenvalue weighted by Crippen LogP contribution is -1.95. The fourth-order valence-corrected chi connectivity index (χ4v) is 4.76. The molecule has 0 aliphatic rings. The smallest absolute Gasteiger partial charge is 0.00988 e. The van der Waals surface area contributed by atoms with Crippen molar-refractivity contribution in [1.82, 2.24) is 0 Å². The van der Waals surface area contributed by atoms with Crippen LogP contribution < -0.4 is 0 Å². The van der Waals surface area contributed by atoms with Crippen LogP contribution in [-0.4, -0.2) is 0 Å². The Hall–Kier alpha value is -2.60. The average Bonchev–Trinajstić information content (AvgIpc) is 2.74. The standard InChI is InChI=1S/C30H34/c1-5-8-9-12-27-21(4)13-15-29-28(27)16-14-24-19-25-17-22(10-6-2)23(11-7-3)18-26(25)20-30(24)29/h9,12-20H,5-8,10-11H2,1-4H3/b12-9-. The summed E-state index contributed by atoms with van der Waals surface area (Å²) in [6, 6.07) is 19.0. The second-order valence-corrected chi connectivity index (χ2v) is 8.69. The lowest BCUT2D eigenvalue weighted by atomic mass is 9.91. The van der Waals surface area contributed by atoms with Crippen molar-refractivity contribution in [1.29, 1.82) is 0 Å². The van der Waals surface area contributed by atoms with Crippen molar-refractivity contribution in [2.45, 2.75) is 66.2 Å². The molecule has 0 aliphatic heterocycles. The normalized spacial score (nSPS) is 12.0. The second kappa shape index (κ2) is 9.04. The second-order valence-electron chi connectivity index (χ2n) is 8.69. The van der Waals surface area contributed by atoms with Crippen LogP contribution in [0, 0.1) is 6.92 Å². The van der Waals surface area contributed by atoms with Crippen molar-refractivity contribution in [3.8, 4) is 0 Å². The van der Waals surface area contributed by atoms with Crippen LogP contribution in [-0.2, 0) is 12.8 Å². The molecule has 30 heavy (non-hydrogen) atoms. The fraction of sp³-hybridized carbons (Fsp3) is 0.333. The third-order valence-corrected chi connectivity index (χ3v) is 6.33. The van der Waals surface area contributed by atoms with Crippen LogP contribution in [0.25, 0.3) is 38.4 Å². The summed E-state index contributed by atoms with van der Waals surface area (Å²) in [6.07, 6.45) is 11.7. The SMILES string of the molecule is CCC/C=C\c1c(C)ccc2c1ccc1cc3cc(CCC)c(CCC)cc3cc12. The molecule has 0 saturated carbocycles. The van der Waals surface area contributed by atoms with Crippen molar-refractivity contribution in [2.24, 2.45) is 0 Å². The Morgan fingerprint density at radius 1 is 0.633 bits per heavy atom. The van der Waals surface area contributed by atoms with Crippen LogP contribution in [0.15, 0.2) is 54.6 Å². The summed E-state index contributed by atoms with van der Waals surface area (Å²) in [6.45, 7) is 9.02. The van der Waals surface area contributed by atoms with Gasteiger partial charge >= 0.3 is 0 Å². The van der Waals surface area contributed by atoms with E-state index in [1.54, 1.807) is 0 Å². The molecule has 0 spiro atoms. The molecule has 0 amide bonds. The summed E-state index contributed by atoms with van der Waals surface area (Å²) in [7, 11) is 0. The zero-order valence-corrected chi connectivity index (χ0v) is 19.0. The number of hydrogen-bond acceptors (Lipinski definition) is 0. The third kappa shape index (κ3) is 3.88. The van der Waals surface area contributed by atoms with Crippen LogP contribution >= 0.6 is 0 Å². The van der Waals surface area contributed by atoms with Crippen LogP contribution in [0.3, 0.4) is 0 Å². The minimum Gasteiger partial charge on any atom is -0.0839 e. The van der Waals surface area contributed by atoms with Gasteiger partial charge < -0.3 is 0 Å². The third-order valence-electron chi connectivity index (χ3n) is 6.33. The van der Waals surface area contributed by atoms with Gasteiger partial charge in [0.1, 0.15) is 0 Å². The quantitative estimate of drug-likeness (QED) is 0.216. The molecule has 0 radical (unpaired) electrons. The van der Waals surface area contributed by atoms with Crippen molar-refractivity contribution in [3.05, 3.63) is 76.9 Å². The molecular formula is C30H34. The zero-order valence-electron chi connectivity index (χ0n) is 19.0. The van der Waals surface area contributed by atoms with Gasteiger partial charge in [0.25, 0.3) is 0 Å².